The second-order valence-electron chi connectivity index (χ2n) is 7.07. The summed E-state index contributed by atoms with van der Waals surface area (Å²) in [5.74, 6) is 0.493. The number of carbonyl (C=O) groups is 2. The number of amides is 2. The van der Waals surface area contributed by atoms with Crippen LogP contribution in [0.15, 0.2) is 24.4 Å². The SMILES string of the molecule is CC(=O)N1CCN(C)[C@H](C(=O)N2CC(c3cc4cccnc4[nH]3)C2)C1. The average Bonchev–Trinajstić information content (AvgIpc) is 2.96. The molecule has 0 saturated carbocycles. The number of nitrogens with one attached hydrogen (secondary N) is 1. The summed E-state index contributed by atoms with van der Waals surface area (Å²) >= 11 is 0. The summed E-state index contributed by atoms with van der Waals surface area (Å²) in [7, 11) is 1.96. The van der Waals surface area contributed by atoms with Crippen molar-refractivity contribution in [3.05, 3.63) is 30.1 Å². The van der Waals surface area contributed by atoms with Crippen LogP contribution in [-0.2, 0) is 9.59 Å². The summed E-state index contributed by atoms with van der Waals surface area (Å²) in [5, 5.41) is 1.10. The Morgan fingerprint density at radius 3 is 2.72 bits per heavy atom. The summed E-state index contributed by atoms with van der Waals surface area (Å²) < 4.78 is 0. The first-order chi connectivity index (χ1) is 12.0. The van der Waals surface area contributed by atoms with Crippen molar-refractivity contribution in [2.24, 2.45) is 0 Å². The van der Waals surface area contributed by atoms with Crippen LogP contribution in [0.4, 0.5) is 0 Å². The van der Waals surface area contributed by atoms with E-state index in [9.17, 15) is 9.59 Å². The molecule has 0 bridgehead atoms. The van der Waals surface area contributed by atoms with Gasteiger partial charge in [-0.2, -0.15) is 0 Å². The summed E-state index contributed by atoms with van der Waals surface area (Å²) in [4.78, 5) is 37.9. The minimum absolute atomic E-state index is 0.0398. The van der Waals surface area contributed by atoms with Gasteiger partial charge < -0.3 is 14.8 Å². The van der Waals surface area contributed by atoms with Gasteiger partial charge in [-0.3, -0.25) is 14.5 Å². The lowest BCUT2D eigenvalue weighted by Crippen LogP contribution is -2.62. The van der Waals surface area contributed by atoms with Crippen molar-refractivity contribution >= 4 is 22.8 Å². The van der Waals surface area contributed by atoms with Gasteiger partial charge in [-0.1, -0.05) is 0 Å². The Hall–Kier alpha value is -2.41. The second kappa shape index (κ2) is 6.15. The Morgan fingerprint density at radius 2 is 2.00 bits per heavy atom. The van der Waals surface area contributed by atoms with Crippen molar-refractivity contribution in [2.75, 3.05) is 39.8 Å². The number of nitrogens with zero attached hydrogens (tertiary/aromatic N) is 4. The fourth-order valence-corrected chi connectivity index (χ4v) is 3.69. The van der Waals surface area contributed by atoms with Crippen molar-refractivity contribution in [1.29, 1.82) is 0 Å². The molecule has 7 nitrogen and oxygen atoms in total. The van der Waals surface area contributed by atoms with Crippen LogP contribution < -0.4 is 0 Å². The number of aromatic nitrogens is 2. The van der Waals surface area contributed by atoms with Crippen molar-refractivity contribution in [1.82, 2.24) is 24.7 Å². The van der Waals surface area contributed by atoms with Gasteiger partial charge in [0.2, 0.25) is 11.8 Å². The maximum absolute atomic E-state index is 12.8. The zero-order valence-corrected chi connectivity index (χ0v) is 14.6. The topological polar surface area (TPSA) is 72.5 Å². The van der Waals surface area contributed by atoms with E-state index in [0.717, 1.165) is 36.4 Å². The van der Waals surface area contributed by atoms with Gasteiger partial charge >= 0.3 is 0 Å². The molecular weight excluding hydrogens is 318 g/mol. The Kier molecular flexibility index (Phi) is 3.95. The first-order valence-corrected chi connectivity index (χ1v) is 8.71. The minimum atomic E-state index is -0.233. The number of carbonyl (C=O) groups excluding carboxylic acids is 2. The Morgan fingerprint density at radius 1 is 1.20 bits per heavy atom. The number of piperazine rings is 1. The van der Waals surface area contributed by atoms with E-state index in [4.69, 9.17) is 0 Å². The molecule has 2 saturated heterocycles. The van der Waals surface area contributed by atoms with Crippen LogP contribution in [-0.4, -0.2) is 82.3 Å². The molecule has 2 aliphatic heterocycles. The number of likely N-dealkylation sites (N-methyl/N-ethyl adjacent to an activating group) is 1. The van der Waals surface area contributed by atoms with Crippen LogP contribution >= 0.6 is 0 Å². The number of hydrogen-bond acceptors (Lipinski definition) is 4. The van der Waals surface area contributed by atoms with E-state index in [2.05, 4.69) is 20.9 Å². The number of pyridine rings is 1. The predicted octanol–water partition coefficient (Wildman–Crippen LogP) is 0.651. The normalized spacial score (nSPS) is 22.2. The molecule has 4 rings (SSSR count). The standard InChI is InChI=1S/C18H23N5O2/c1-12(24)22-7-6-21(2)16(11-22)18(25)23-9-14(10-23)15-8-13-4-3-5-19-17(13)20-15/h3-5,8,14,16H,6-7,9-11H2,1-2H3,(H,19,20)/t16-/m0/s1. The largest absolute Gasteiger partial charge is 0.343 e. The van der Waals surface area contributed by atoms with E-state index in [0.29, 0.717) is 19.0 Å². The van der Waals surface area contributed by atoms with Crippen molar-refractivity contribution in [2.45, 2.75) is 18.9 Å². The molecule has 4 heterocycles. The maximum Gasteiger partial charge on any atom is 0.241 e. The molecule has 2 aromatic rings. The molecule has 1 N–H and O–H groups in total. The van der Waals surface area contributed by atoms with Gasteiger partial charge in [0.1, 0.15) is 11.7 Å². The lowest BCUT2D eigenvalue weighted by molar-refractivity contribution is -0.145. The van der Waals surface area contributed by atoms with Crippen molar-refractivity contribution in [3.63, 3.8) is 0 Å². The number of rotatable bonds is 2. The van der Waals surface area contributed by atoms with Crippen LogP contribution in [0.25, 0.3) is 11.0 Å². The fourth-order valence-electron chi connectivity index (χ4n) is 3.69. The first-order valence-electron chi connectivity index (χ1n) is 8.71. The van der Waals surface area contributed by atoms with E-state index < -0.39 is 0 Å². The van der Waals surface area contributed by atoms with Gasteiger partial charge in [-0.25, -0.2) is 4.98 Å². The van der Waals surface area contributed by atoms with Gasteiger partial charge in [0, 0.05) is 62.8 Å². The van der Waals surface area contributed by atoms with Crippen LogP contribution in [0.5, 0.6) is 0 Å². The van der Waals surface area contributed by atoms with Crippen molar-refractivity contribution < 1.29 is 9.59 Å². The van der Waals surface area contributed by atoms with Crippen LogP contribution in [0, 0.1) is 0 Å². The highest BCUT2D eigenvalue weighted by atomic mass is 16.2. The highest BCUT2D eigenvalue weighted by Gasteiger charge is 2.39. The molecule has 2 aromatic heterocycles. The Balaban J connectivity index is 1.40. The lowest BCUT2D eigenvalue weighted by atomic mass is 9.95. The Labute approximate surface area is 146 Å². The number of likely N-dealkylation sites (tertiary alicyclic amines) is 1. The number of aromatic amines is 1. The van der Waals surface area contributed by atoms with Crippen LogP contribution in [0.1, 0.15) is 18.5 Å². The maximum atomic E-state index is 12.8. The van der Waals surface area contributed by atoms with Gasteiger partial charge in [0.15, 0.2) is 0 Å². The van der Waals surface area contributed by atoms with E-state index in [1.807, 2.05) is 24.1 Å². The molecule has 7 heteroatoms. The monoisotopic (exact) mass is 341 g/mol. The van der Waals surface area contributed by atoms with Gasteiger partial charge in [0.05, 0.1) is 0 Å². The molecular formula is C18H23N5O2. The molecule has 2 aliphatic rings. The summed E-state index contributed by atoms with van der Waals surface area (Å²) in [5.41, 5.74) is 2.03. The first kappa shape index (κ1) is 16.1. The summed E-state index contributed by atoms with van der Waals surface area (Å²) in [6.45, 7) is 4.92. The van der Waals surface area contributed by atoms with Crippen LogP contribution in [0.2, 0.25) is 0 Å². The third-order valence-corrected chi connectivity index (χ3v) is 5.42. The zero-order valence-electron chi connectivity index (χ0n) is 14.6. The number of fused-ring (bicyclic) bond motifs is 1. The lowest BCUT2D eigenvalue weighted by Gasteiger charge is -2.45. The fraction of sp³-hybridized carbons (Fsp3) is 0.500. The summed E-state index contributed by atoms with van der Waals surface area (Å²) in [6.07, 6.45) is 1.78. The molecule has 25 heavy (non-hydrogen) atoms. The molecule has 2 fully saturated rings. The van der Waals surface area contributed by atoms with E-state index in [1.54, 1.807) is 18.0 Å². The number of H-pyrrole nitrogens is 1. The molecule has 0 spiro atoms. The van der Waals surface area contributed by atoms with E-state index in [1.165, 1.54) is 0 Å². The molecule has 1 atom stereocenters. The second-order valence-corrected chi connectivity index (χ2v) is 7.07. The molecule has 0 aromatic carbocycles. The molecule has 2 amide bonds. The molecule has 0 radical (unpaired) electrons. The molecule has 0 aliphatic carbocycles. The van der Waals surface area contributed by atoms with Gasteiger partial charge in [0.25, 0.3) is 0 Å². The van der Waals surface area contributed by atoms with Gasteiger partial charge in [-0.15, -0.1) is 0 Å². The highest BCUT2D eigenvalue weighted by Crippen LogP contribution is 2.29. The Bertz CT molecular complexity index is 778. The number of hydrogen-bond donors (Lipinski definition) is 1. The highest BCUT2D eigenvalue weighted by molar-refractivity contribution is 5.84. The predicted molar refractivity (Wildman–Crippen MR) is 94.1 cm³/mol. The van der Waals surface area contributed by atoms with E-state index >= 15 is 0 Å². The third-order valence-electron chi connectivity index (χ3n) is 5.42. The van der Waals surface area contributed by atoms with Crippen LogP contribution in [0.3, 0.4) is 0 Å². The average molecular weight is 341 g/mol. The smallest absolute Gasteiger partial charge is 0.241 e. The third kappa shape index (κ3) is 2.89. The molecule has 0 unspecified atom stereocenters. The summed E-state index contributed by atoms with van der Waals surface area (Å²) in [6, 6.07) is 5.86. The molecule has 132 valence electrons. The minimum Gasteiger partial charge on any atom is -0.343 e. The van der Waals surface area contributed by atoms with Crippen molar-refractivity contribution in [3.8, 4) is 0 Å². The van der Waals surface area contributed by atoms with Gasteiger partial charge in [-0.05, 0) is 25.2 Å². The quantitative estimate of drug-likeness (QED) is 0.871. The zero-order chi connectivity index (χ0) is 17.6. The van der Waals surface area contributed by atoms with E-state index in [-0.39, 0.29) is 17.9 Å².